The largest absolute Gasteiger partial charge is 0.503 e. The highest BCUT2D eigenvalue weighted by molar-refractivity contribution is 5.99. The summed E-state index contributed by atoms with van der Waals surface area (Å²) in [5.74, 6) is -1.16. The van der Waals surface area contributed by atoms with Crippen LogP contribution >= 0.6 is 0 Å². The van der Waals surface area contributed by atoms with E-state index < -0.39 is 11.6 Å². The van der Waals surface area contributed by atoms with Gasteiger partial charge in [-0.05, 0) is 12.1 Å². The number of carbonyl (C=O) groups is 1. The highest BCUT2D eigenvalue weighted by Gasteiger charge is 2.09. The number of fused-ring (bicyclic) bond motifs is 1. The normalized spacial score (nSPS) is 10.5. The predicted molar refractivity (Wildman–Crippen MR) is 45.3 cm³/mol. The van der Waals surface area contributed by atoms with Crippen LogP contribution < -0.4 is 0 Å². The number of phenolic OH excluding ortho intramolecular Hbond substituents is 1. The lowest BCUT2D eigenvalue weighted by molar-refractivity contribution is 0.112. The Labute approximate surface area is 72.8 Å². The highest BCUT2D eigenvalue weighted by atomic mass is 19.1. The van der Waals surface area contributed by atoms with Crippen LogP contribution in [0, 0.1) is 5.82 Å². The molecule has 2 rings (SSSR count). The number of carbonyl (C=O) groups excluding carboxylic acids is 1. The summed E-state index contributed by atoms with van der Waals surface area (Å²) >= 11 is 0. The van der Waals surface area contributed by atoms with Crippen molar-refractivity contribution in [1.29, 1.82) is 0 Å². The molecule has 4 heteroatoms. The van der Waals surface area contributed by atoms with E-state index in [1.54, 1.807) is 0 Å². The average Bonchev–Trinajstić information content (AvgIpc) is 2.55. The average molecular weight is 179 g/mol. The highest BCUT2D eigenvalue weighted by Crippen LogP contribution is 2.27. The van der Waals surface area contributed by atoms with Crippen LogP contribution in [0.4, 0.5) is 4.39 Å². The van der Waals surface area contributed by atoms with Gasteiger partial charge in [0.2, 0.25) is 0 Å². The van der Waals surface area contributed by atoms with Gasteiger partial charge in [-0.2, -0.15) is 0 Å². The molecule has 0 saturated carbocycles. The Morgan fingerprint density at radius 2 is 2.23 bits per heavy atom. The van der Waals surface area contributed by atoms with Crippen LogP contribution in [0.2, 0.25) is 0 Å². The Balaban J connectivity index is 2.88. The monoisotopic (exact) mass is 179 g/mol. The van der Waals surface area contributed by atoms with Crippen LogP contribution in [0.5, 0.6) is 5.75 Å². The zero-order chi connectivity index (χ0) is 9.42. The summed E-state index contributed by atoms with van der Waals surface area (Å²) < 4.78 is 12.8. The second kappa shape index (κ2) is 2.58. The van der Waals surface area contributed by atoms with Crippen LogP contribution in [0.1, 0.15) is 10.4 Å². The van der Waals surface area contributed by atoms with E-state index in [2.05, 4.69) is 4.98 Å². The van der Waals surface area contributed by atoms with Crippen molar-refractivity contribution < 1.29 is 14.3 Å². The van der Waals surface area contributed by atoms with Gasteiger partial charge < -0.3 is 10.1 Å². The van der Waals surface area contributed by atoms with E-state index in [0.717, 1.165) is 6.07 Å². The van der Waals surface area contributed by atoms with Gasteiger partial charge in [0.1, 0.15) is 0 Å². The molecule has 1 aromatic carbocycles. The maximum Gasteiger partial charge on any atom is 0.175 e. The Hall–Kier alpha value is -1.84. The molecule has 1 aromatic heterocycles. The van der Waals surface area contributed by atoms with Gasteiger partial charge in [-0.25, -0.2) is 4.39 Å². The molecule has 0 aliphatic carbocycles. The number of aromatic hydroxyl groups is 1. The zero-order valence-corrected chi connectivity index (χ0v) is 6.54. The molecule has 0 spiro atoms. The molecule has 0 unspecified atom stereocenters. The number of hydrogen-bond acceptors (Lipinski definition) is 2. The number of phenols is 1. The first kappa shape index (κ1) is 7.79. The fourth-order valence-electron chi connectivity index (χ4n) is 1.28. The first-order valence-electron chi connectivity index (χ1n) is 3.68. The molecule has 0 saturated heterocycles. The number of nitrogens with one attached hydrogen (secondary N) is 1. The molecule has 0 atom stereocenters. The molecule has 0 amide bonds. The van der Waals surface area contributed by atoms with Gasteiger partial charge in [0.15, 0.2) is 17.9 Å². The molecule has 66 valence electrons. The van der Waals surface area contributed by atoms with Crippen LogP contribution in [-0.4, -0.2) is 16.4 Å². The molecule has 0 aliphatic heterocycles. The van der Waals surface area contributed by atoms with E-state index >= 15 is 0 Å². The Morgan fingerprint density at radius 3 is 2.92 bits per heavy atom. The first-order valence-corrected chi connectivity index (χ1v) is 3.68. The number of aromatic amines is 1. The SMILES string of the molecule is O=Cc1c[nH]c2c(O)c(F)ccc12. The van der Waals surface area contributed by atoms with Crippen LogP contribution in [0.25, 0.3) is 10.9 Å². The molecule has 1 heterocycles. The van der Waals surface area contributed by atoms with Gasteiger partial charge in [-0.3, -0.25) is 4.79 Å². The van der Waals surface area contributed by atoms with Crippen molar-refractivity contribution >= 4 is 17.2 Å². The molecule has 0 radical (unpaired) electrons. The molecule has 0 bridgehead atoms. The van der Waals surface area contributed by atoms with E-state index in [4.69, 9.17) is 0 Å². The van der Waals surface area contributed by atoms with Crippen molar-refractivity contribution in [2.75, 3.05) is 0 Å². The number of aromatic nitrogens is 1. The third-order valence-corrected chi connectivity index (χ3v) is 1.94. The lowest BCUT2D eigenvalue weighted by Crippen LogP contribution is -1.79. The van der Waals surface area contributed by atoms with Crippen molar-refractivity contribution in [2.24, 2.45) is 0 Å². The van der Waals surface area contributed by atoms with Gasteiger partial charge in [0, 0.05) is 17.1 Å². The second-order valence-electron chi connectivity index (χ2n) is 2.68. The molecule has 2 aromatic rings. The topological polar surface area (TPSA) is 53.1 Å². The molecule has 0 fully saturated rings. The van der Waals surface area contributed by atoms with Crippen LogP contribution in [0.15, 0.2) is 18.3 Å². The third-order valence-electron chi connectivity index (χ3n) is 1.94. The Morgan fingerprint density at radius 1 is 1.46 bits per heavy atom. The minimum absolute atomic E-state index is 0.252. The molecule has 3 nitrogen and oxygen atoms in total. The van der Waals surface area contributed by atoms with E-state index in [0.29, 0.717) is 17.2 Å². The lowest BCUT2D eigenvalue weighted by atomic mass is 10.2. The summed E-state index contributed by atoms with van der Waals surface area (Å²) in [7, 11) is 0. The van der Waals surface area contributed by atoms with E-state index in [-0.39, 0.29) is 5.52 Å². The van der Waals surface area contributed by atoms with Crippen molar-refractivity contribution in [2.45, 2.75) is 0 Å². The van der Waals surface area contributed by atoms with E-state index in [9.17, 15) is 14.3 Å². The summed E-state index contributed by atoms with van der Waals surface area (Å²) in [4.78, 5) is 13.1. The van der Waals surface area contributed by atoms with Gasteiger partial charge in [0.25, 0.3) is 0 Å². The van der Waals surface area contributed by atoms with Crippen molar-refractivity contribution in [3.8, 4) is 5.75 Å². The number of aldehydes is 1. The lowest BCUT2D eigenvalue weighted by Gasteiger charge is -1.96. The van der Waals surface area contributed by atoms with Gasteiger partial charge >= 0.3 is 0 Å². The van der Waals surface area contributed by atoms with Crippen LogP contribution in [-0.2, 0) is 0 Å². The van der Waals surface area contributed by atoms with E-state index in [1.165, 1.54) is 12.3 Å². The molecule has 0 aliphatic rings. The fraction of sp³-hybridized carbons (Fsp3) is 0. The first-order chi connectivity index (χ1) is 6.24. The Kier molecular flexibility index (Phi) is 1.55. The van der Waals surface area contributed by atoms with Crippen molar-refractivity contribution in [1.82, 2.24) is 4.98 Å². The minimum atomic E-state index is -0.702. The maximum atomic E-state index is 12.8. The van der Waals surface area contributed by atoms with E-state index in [1.807, 2.05) is 0 Å². The number of benzene rings is 1. The van der Waals surface area contributed by atoms with Gasteiger partial charge in [-0.1, -0.05) is 0 Å². The van der Waals surface area contributed by atoms with Crippen molar-refractivity contribution in [3.63, 3.8) is 0 Å². The van der Waals surface area contributed by atoms with Crippen LogP contribution in [0.3, 0.4) is 0 Å². The fourth-order valence-corrected chi connectivity index (χ4v) is 1.28. The second-order valence-corrected chi connectivity index (χ2v) is 2.68. The smallest absolute Gasteiger partial charge is 0.175 e. The summed E-state index contributed by atoms with van der Waals surface area (Å²) in [5.41, 5.74) is 0.660. The van der Waals surface area contributed by atoms with Crippen molar-refractivity contribution in [3.05, 3.63) is 29.7 Å². The van der Waals surface area contributed by atoms with Gasteiger partial charge in [-0.15, -0.1) is 0 Å². The molecular weight excluding hydrogens is 173 g/mol. The number of rotatable bonds is 1. The molecular formula is C9H6FNO2. The number of hydrogen-bond donors (Lipinski definition) is 2. The quantitative estimate of drug-likeness (QED) is 0.656. The standard InChI is InChI=1S/C9H6FNO2/c10-7-2-1-6-5(4-12)3-11-8(6)9(7)13/h1-4,11,13H. The van der Waals surface area contributed by atoms with Gasteiger partial charge in [0.05, 0.1) is 5.52 Å². The molecule has 2 N–H and O–H groups in total. The zero-order valence-electron chi connectivity index (χ0n) is 6.54. The number of halogens is 1. The summed E-state index contributed by atoms with van der Waals surface area (Å²) in [6, 6.07) is 2.57. The maximum absolute atomic E-state index is 12.8. The summed E-state index contributed by atoms with van der Waals surface area (Å²) in [5, 5.41) is 9.77. The summed E-state index contributed by atoms with van der Waals surface area (Å²) in [6.07, 6.45) is 2.08. The minimum Gasteiger partial charge on any atom is -0.503 e. The third kappa shape index (κ3) is 0.989. The predicted octanol–water partition coefficient (Wildman–Crippen LogP) is 1.83. The summed E-state index contributed by atoms with van der Waals surface area (Å²) in [6.45, 7) is 0. The Bertz CT molecular complexity index is 476. The molecule has 13 heavy (non-hydrogen) atoms. The number of H-pyrrole nitrogens is 1.